The van der Waals surface area contributed by atoms with Gasteiger partial charge in [-0.15, -0.1) is 0 Å². The van der Waals surface area contributed by atoms with Gasteiger partial charge in [-0.1, -0.05) is 43.7 Å². The third kappa shape index (κ3) is 2.82. The van der Waals surface area contributed by atoms with Crippen LogP contribution in [0.5, 0.6) is 0 Å². The van der Waals surface area contributed by atoms with E-state index >= 15 is 0 Å². The highest BCUT2D eigenvalue weighted by molar-refractivity contribution is 5.86. The monoisotopic (exact) mass is 202 g/mol. The van der Waals surface area contributed by atoms with E-state index in [0.29, 0.717) is 6.04 Å². The van der Waals surface area contributed by atoms with Crippen molar-refractivity contribution in [3.8, 4) is 0 Å². The van der Waals surface area contributed by atoms with Crippen molar-refractivity contribution < 1.29 is 0 Å². The first-order valence-electron chi connectivity index (χ1n) is 5.72. The minimum absolute atomic E-state index is 0.578. The smallest absolute Gasteiger partial charge is 0.101 e. The Balaban J connectivity index is 1.87. The maximum absolute atomic E-state index is 4.54. The van der Waals surface area contributed by atoms with Gasteiger partial charge < -0.3 is 5.32 Å². The van der Waals surface area contributed by atoms with Crippen molar-refractivity contribution in [3.63, 3.8) is 0 Å². The first-order valence-corrected chi connectivity index (χ1v) is 5.72. The van der Waals surface area contributed by atoms with Crippen LogP contribution in [0, 0.1) is 0 Å². The molecule has 1 aliphatic rings. The molecule has 2 heteroatoms. The Bertz CT molecular complexity index is 330. The van der Waals surface area contributed by atoms with Gasteiger partial charge in [0.2, 0.25) is 0 Å². The number of rotatable bonds is 4. The lowest BCUT2D eigenvalue weighted by atomic mass is 10.1. The zero-order chi connectivity index (χ0) is 10.5. The van der Waals surface area contributed by atoms with Crippen LogP contribution in [0.2, 0.25) is 0 Å². The summed E-state index contributed by atoms with van der Waals surface area (Å²) >= 11 is 0. The van der Waals surface area contributed by atoms with Gasteiger partial charge in [-0.3, -0.25) is 4.99 Å². The maximum atomic E-state index is 4.54. The molecule has 1 aliphatic heterocycles. The van der Waals surface area contributed by atoms with Gasteiger partial charge in [-0.2, -0.15) is 0 Å². The molecule has 80 valence electrons. The van der Waals surface area contributed by atoms with Gasteiger partial charge in [0.05, 0.1) is 6.54 Å². The molecule has 1 aromatic carbocycles. The number of amidine groups is 1. The molecule has 1 atom stereocenters. The summed E-state index contributed by atoms with van der Waals surface area (Å²) in [6.45, 7) is 3.17. The van der Waals surface area contributed by atoms with Gasteiger partial charge in [0.1, 0.15) is 5.84 Å². The van der Waals surface area contributed by atoms with E-state index in [1.165, 1.54) is 18.4 Å². The van der Waals surface area contributed by atoms with Crippen molar-refractivity contribution in [1.29, 1.82) is 0 Å². The fourth-order valence-corrected chi connectivity index (χ4v) is 1.96. The average Bonchev–Trinajstić information content (AvgIpc) is 2.68. The zero-order valence-corrected chi connectivity index (χ0v) is 9.24. The van der Waals surface area contributed by atoms with Crippen LogP contribution in [0.25, 0.3) is 0 Å². The maximum Gasteiger partial charge on any atom is 0.101 e. The number of hydrogen-bond donors (Lipinski definition) is 1. The van der Waals surface area contributed by atoms with Crippen molar-refractivity contribution in [2.75, 3.05) is 6.54 Å². The van der Waals surface area contributed by atoms with E-state index in [1.807, 2.05) is 6.07 Å². The Morgan fingerprint density at radius 2 is 2.13 bits per heavy atom. The van der Waals surface area contributed by atoms with Crippen LogP contribution in [0.15, 0.2) is 35.3 Å². The van der Waals surface area contributed by atoms with Gasteiger partial charge in [-0.25, -0.2) is 0 Å². The SMILES string of the molecule is CCCC1CN=C(Cc2ccccc2)N1. The molecule has 0 radical (unpaired) electrons. The molecule has 2 nitrogen and oxygen atoms in total. The summed E-state index contributed by atoms with van der Waals surface area (Å²) in [6, 6.07) is 11.1. The Kier molecular flexibility index (Phi) is 3.38. The van der Waals surface area contributed by atoms with Crippen molar-refractivity contribution in [2.24, 2.45) is 4.99 Å². The standard InChI is InChI=1S/C13H18N2/c1-2-6-12-10-14-13(15-12)9-11-7-4-3-5-8-11/h3-5,7-8,12H,2,6,9-10H2,1H3,(H,14,15). The molecule has 0 saturated carbocycles. The summed E-state index contributed by atoms with van der Waals surface area (Å²) in [5, 5.41) is 3.49. The highest BCUT2D eigenvalue weighted by Crippen LogP contribution is 2.07. The predicted molar refractivity (Wildman–Crippen MR) is 64.3 cm³/mol. The first-order chi connectivity index (χ1) is 7.38. The molecular weight excluding hydrogens is 184 g/mol. The molecular formula is C13H18N2. The van der Waals surface area contributed by atoms with E-state index in [-0.39, 0.29) is 0 Å². The molecule has 0 spiro atoms. The van der Waals surface area contributed by atoms with Gasteiger partial charge in [0.15, 0.2) is 0 Å². The van der Waals surface area contributed by atoms with Crippen LogP contribution in [0.4, 0.5) is 0 Å². The molecule has 0 amide bonds. The summed E-state index contributed by atoms with van der Waals surface area (Å²) in [4.78, 5) is 4.54. The lowest BCUT2D eigenvalue weighted by molar-refractivity contribution is 0.590. The number of nitrogens with zero attached hydrogens (tertiary/aromatic N) is 1. The van der Waals surface area contributed by atoms with Gasteiger partial charge in [-0.05, 0) is 12.0 Å². The quantitative estimate of drug-likeness (QED) is 0.796. The summed E-state index contributed by atoms with van der Waals surface area (Å²) in [7, 11) is 0. The van der Waals surface area contributed by atoms with Crippen molar-refractivity contribution >= 4 is 5.84 Å². The second-order valence-corrected chi connectivity index (χ2v) is 4.08. The normalized spacial score (nSPS) is 19.8. The molecule has 0 fully saturated rings. The molecule has 0 saturated heterocycles. The summed E-state index contributed by atoms with van der Waals surface area (Å²) in [5.74, 6) is 1.15. The predicted octanol–water partition coefficient (Wildman–Crippen LogP) is 2.40. The molecule has 2 rings (SSSR count). The van der Waals surface area contributed by atoms with E-state index in [2.05, 4.69) is 41.5 Å². The van der Waals surface area contributed by atoms with Crippen molar-refractivity contribution in [1.82, 2.24) is 5.32 Å². The highest BCUT2D eigenvalue weighted by Gasteiger charge is 2.15. The lowest BCUT2D eigenvalue weighted by Gasteiger charge is -2.10. The van der Waals surface area contributed by atoms with Crippen LogP contribution in [-0.4, -0.2) is 18.4 Å². The molecule has 1 N–H and O–H groups in total. The van der Waals surface area contributed by atoms with E-state index in [1.54, 1.807) is 0 Å². The fourth-order valence-electron chi connectivity index (χ4n) is 1.96. The topological polar surface area (TPSA) is 24.4 Å². The van der Waals surface area contributed by atoms with Crippen LogP contribution in [0.1, 0.15) is 25.3 Å². The molecule has 0 aliphatic carbocycles. The lowest BCUT2D eigenvalue weighted by Crippen LogP contribution is -2.30. The molecule has 1 heterocycles. The molecule has 15 heavy (non-hydrogen) atoms. The van der Waals surface area contributed by atoms with Crippen LogP contribution >= 0.6 is 0 Å². The number of aliphatic imine (C=N–C) groups is 1. The van der Waals surface area contributed by atoms with E-state index in [0.717, 1.165) is 18.8 Å². The summed E-state index contributed by atoms with van der Waals surface area (Å²) in [6.07, 6.45) is 3.40. The van der Waals surface area contributed by atoms with Crippen molar-refractivity contribution in [2.45, 2.75) is 32.2 Å². The van der Waals surface area contributed by atoms with Gasteiger partial charge in [0, 0.05) is 12.5 Å². The molecule has 0 bridgehead atoms. The Labute approximate surface area is 91.4 Å². The van der Waals surface area contributed by atoms with E-state index in [9.17, 15) is 0 Å². The van der Waals surface area contributed by atoms with Gasteiger partial charge >= 0.3 is 0 Å². The largest absolute Gasteiger partial charge is 0.369 e. The Hall–Kier alpha value is -1.31. The third-order valence-corrected chi connectivity index (χ3v) is 2.72. The molecule has 1 aromatic rings. The minimum Gasteiger partial charge on any atom is -0.369 e. The number of hydrogen-bond acceptors (Lipinski definition) is 2. The van der Waals surface area contributed by atoms with Gasteiger partial charge in [0.25, 0.3) is 0 Å². The molecule has 1 unspecified atom stereocenters. The summed E-state index contributed by atoms with van der Waals surface area (Å²) < 4.78 is 0. The molecule has 0 aromatic heterocycles. The zero-order valence-electron chi connectivity index (χ0n) is 9.24. The Morgan fingerprint density at radius 3 is 2.87 bits per heavy atom. The average molecular weight is 202 g/mol. The fraction of sp³-hybridized carbons (Fsp3) is 0.462. The second-order valence-electron chi connectivity index (χ2n) is 4.08. The minimum atomic E-state index is 0.578. The van der Waals surface area contributed by atoms with Crippen LogP contribution < -0.4 is 5.32 Å². The number of nitrogens with one attached hydrogen (secondary N) is 1. The first kappa shape index (κ1) is 10.2. The van der Waals surface area contributed by atoms with Crippen LogP contribution in [-0.2, 0) is 6.42 Å². The van der Waals surface area contributed by atoms with Crippen LogP contribution in [0.3, 0.4) is 0 Å². The van der Waals surface area contributed by atoms with Crippen molar-refractivity contribution in [3.05, 3.63) is 35.9 Å². The summed E-state index contributed by atoms with van der Waals surface area (Å²) in [5.41, 5.74) is 1.33. The van der Waals surface area contributed by atoms with E-state index in [4.69, 9.17) is 0 Å². The second kappa shape index (κ2) is 4.96. The third-order valence-electron chi connectivity index (χ3n) is 2.72. The highest BCUT2D eigenvalue weighted by atomic mass is 15.1. The Morgan fingerprint density at radius 1 is 1.33 bits per heavy atom. The number of benzene rings is 1. The van der Waals surface area contributed by atoms with E-state index < -0.39 is 0 Å².